The molecule has 0 unspecified atom stereocenters. The Labute approximate surface area is 219 Å². The number of nitrogens with one attached hydrogen (secondary N) is 2. The Kier molecular flexibility index (Phi) is 9.19. The molecule has 0 aliphatic heterocycles. The number of amides is 2. The number of rotatable bonds is 10. The molecule has 0 radical (unpaired) electrons. The number of aromatic nitrogens is 1. The third-order valence-electron chi connectivity index (χ3n) is 5.70. The van der Waals surface area contributed by atoms with Crippen molar-refractivity contribution in [2.24, 2.45) is 0 Å². The van der Waals surface area contributed by atoms with Crippen LogP contribution in [0.5, 0.6) is 11.5 Å². The van der Waals surface area contributed by atoms with Gasteiger partial charge in [-0.3, -0.25) is 9.59 Å². The van der Waals surface area contributed by atoms with Crippen molar-refractivity contribution in [3.8, 4) is 11.5 Å². The number of carbonyl (C=O) groups excluding carboxylic acids is 1. The summed E-state index contributed by atoms with van der Waals surface area (Å²) in [5.41, 5.74) is 1.50. The first-order valence-corrected chi connectivity index (χ1v) is 12.2. The maximum Gasteiger partial charge on any atom is 0.319 e. The number of halogens is 1. The van der Waals surface area contributed by atoms with Crippen LogP contribution in [0.2, 0.25) is 5.02 Å². The Morgan fingerprint density at radius 1 is 1.14 bits per heavy atom. The van der Waals surface area contributed by atoms with Gasteiger partial charge in [-0.2, -0.15) is 0 Å². The van der Waals surface area contributed by atoms with Crippen LogP contribution in [0.25, 0.3) is 0 Å². The van der Waals surface area contributed by atoms with Crippen molar-refractivity contribution in [1.82, 2.24) is 9.88 Å². The quantitative estimate of drug-likeness (QED) is 0.293. The van der Waals surface area contributed by atoms with E-state index in [1.165, 1.54) is 10.8 Å². The molecule has 2 amide bonds. The number of aromatic hydroxyl groups is 1. The van der Waals surface area contributed by atoms with E-state index >= 15 is 0 Å². The van der Waals surface area contributed by atoms with Crippen molar-refractivity contribution in [1.29, 1.82) is 0 Å². The lowest BCUT2D eigenvalue weighted by atomic mass is 10.0. The second kappa shape index (κ2) is 12.3. The summed E-state index contributed by atoms with van der Waals surface area (Å²) < 4.78 is 7.09. The van der Waals surface area contributed by atoms with Crippen LogP contribution >= 0.6 is 11.6 Å². The van der Waals surface area contributed by atoms with Crippen molar-refractivity contribution in [2.45, 2.75) is 46.2 Å². The van der Waals surface area contributed by atoms with E-state index in [-0.39, 0.29) is 24.4 Å². The van der Waals surface area contributed by atoms with E-state index in [9.17, 15) is 24.6 Å². The number of carbonyl (C=O) groups is 2. The molecule has 9 nitrogen and oxygen atoms in total. The number of pyridine rings is 1. The predicted molar refractivity (Wildman–Crippen MR) is 142 cm³/mol. The first-order valence-electron chi connectivity index (χ1n) is 11.8. The van der Waals surface area contributed by atoms with E-state index in [1.54, 1.807) is 37.3 Å². The average molecular weight is 528 g/mol. The molecular weight excluding hydrogens is 498 g/mol. The summed E-state index contributed by atoms with van der Waals surface area (Å²) in [6.45, 7) is 5.97. The monoisotopic (exact) mass is 527 g/mol. The molecule has 0 aliphatic rings. The van der Waals surface area contributed by atoms with E-state index in [0.29, 0.717) is 34.1 Å². The third kappa shape index (κ3) is 7.04. The molecule has 0 fully saturated rings. The molecule has 0 saturated heterocycles. The molecule has 10 heteroatoms. The van der Waals surface area contributed by atoms with Gasteiger partial charge in [-0.25, -0.2) is 4.79 Å². The molecule has 0 spiro atoms. The fraction of sp³-hybridized carbons (Fsp3) is 0.296. The number of anilines is 1. The standard InChI is InChI=1S/C27H30ClN3O6/c1-4-12-37-22-7-5-6-20(28)19(22)15-31-14-17(3)25(34)24(26(31)35)30-27(36)29-21(13-23(32)33)18-10-8-16(2)9-11-18/h5-11,14,21,34H,4,12-13,15H2,1-3H3,(H,32,33)(H2,29,30,36)/t21-/m0/s1. The van der Waals surface area contributed by atoms with Crippen LogP contribution in [0, 0.1) is 13.8 Å². The van der Waals surface area contributed by atoms with Gasteiger partial charge in [-0.1, -0.05) is 54.4 Å². The van der Waals surface area contributed by atoms with Crippen LogP contribution in [0.15, 0.2) is 53.5 Å². The van der Waals surface area contributed by atoms with E-state index in [1.807, 2.05) is 26.0 Å². The number of ether oxygens (including phenoxy) is 1. The van der Waals surface area contributed by atoms with Gasteiger partial charge in [0, 0.05) is 22.3 Å². The number of carboxylic acid groups (broad SMARTS) is 1. The predicted octanol–water partition coefficient (Wildman–Crippen LogP) is 5.00. The molecule has 1 atom stereocenters. The number of benzene rings is 2. The average Bonchev–Trinajstić information content (AvgIpc) is 2.85. The number of hydrogen-bond donors (Lipinski definition) is 4. The fourth-order valence-electron chi connectivity index (χ4n) is 3.77. The highest BCUT2D eigenvalue weighted by Crippen LogP contribution is 2.29. The zero-order valence-electron chi connectivity index (χ0n) is 20.9. The van der Waals surface area contributed by atoms with E-state index in [0.717, 1.165) is 12.0 Å². The van der Waals surface area contributed by atoms with Crippen LogP contribution in [0.1, 0.15) is 48.1 Å². The summed E-state index contributed by atoms with van der Waals surface area (Å²) in [5, 5.41) is 25.3. The van der Waals surface area contributed by atoms with Gasteiger partial charge in [0.15, 0.2) is 5.69 Å². The van der Waals surface area contributed by atoms with Crippen molar-refractivity contribution in [2.75, 3.05) is 11.9 Å². The number of aryl methyl sites for hydroxylation is 2. The van der Waals surface area contributed by atoms with Crippen LogP contribution in [-0.4, -0.2) is 33.4 Å². The number of urea groups is 1. The molecule has 0 aliphatic carbocycles. The normalized spacial score (nSPS) is 11.6. The van der Waals surface area contributed by atoms with Gasteiger partial charge in [0.1, 0.15) is 11.5 Å². The summed E-state index contributed by atoms with van der Waals surface area (Å²) in [7, 11) is 0. The van der Waals surface area contributed by atoms with E-state index in [2.05, 4.69) is 10.6 Å². The Bertz CT molecular complexity index is 1340. The summed E-state index contributed by atoms with van der Waals surface area (Å²) in [4.78, 5) is 37.5. The molecule has 0 bridgehead atoms. The van der Waals surface area contributed by atoms with Gasteiger partial charge in [0.2, 0.25) is 0 Å². The summed E-state index contributed by atoms with van der Waals surface area (Å²) >= 11 is 6.40. The highest BCUT2D eigenvalue weighted by atomic mass is 35.5. The molecule has 3 rings (SSSR count). The first-order chi connectivity index (χ1) is 17.6. The number of nitrogens with zero attached hydrogens (tertiary/aromatic N) is 1. The minimum absolute atomic E-state index is 0.0416. The summed E-state index contributed by atoms with van der Waals surface area (Å²) in [6, 6.07) is 10.6. The highest BCUT2D eigenvalue weighted by Gasteiger charge is 2.22. The number of aliphatic carboxylic acids is 1. The minimum atomic E-state index is -1.10. The zero-order valence-corrected chi connectivity index (χ0v) is 21.6. The van der Waals surface area contributed by atoms with Gasteiger partial charge in [0.25, 0.3) is 5.56 Å². The van der Waals surface area contributed by atoms with Crippen LogP contribution in [0.3, 0.4) is 0 Å². The topological polar surface area (TPSA) is 130 Å². The highest BCUT2D eigenvalue weighted by molar-refractivity contribution is 6.31. The van der Waals surface area contributed by atoms with Gasteiger partial charge in [-0.05, 0) is 38.0 Å². The van der Waals surface area contributed by atoms with Crippen molar-refractivity contribution < 1.29 is 24.5 Å². The Morgan fingerprint density at radius 3 is 2.49 bits per heavy atom. The third-order valence-corrected chi connectivity index (χ3v) is 6.06. The number of hydrogen-bond acceptors (Lipinski definition) is 5. The second-order valence-corrected chi connectivity index (χ2v) is 9.10. The van der Waals surface area contributed by atoms with Crippen molar-refractivity contribution in [3.05, 3.63) is 86.3 Å². The molecule has 1 aromatic heterocycles. The fourth-order valence-corrected chi connectivity index (χ4v) is 3.99. The first kappa shape index (κ1) is 27.6. The minimum Gasteiger partial charge on any atom is -0.505 e. The largest absolute Gasteiger partial charge is 0.505 e. The molecule has 2 aromatic carbocycles. The lowest BCUT2D eigenvalue weighted by Gasteiger charge is -2.19. The van der Waals surface area contributed by atoms with Gasteiger partial charge >= 0.3 is 12.0 Å². The SMILES string of the molecule is CCCOc1cccc(Cl)c1Cn1cc(C)c(O)c(NC(=O)N[C@@H](CC(=O)O)c2ccc(C)cc2)c1=O. The maximum absolute atomic E-state index is 13.3. The Balaban J connectivity index is 1.89. The lowest BCUT2D eigenvalue weighted by molar-refractivity contribution is -0.137. The van der Waals surface area contributed by atoms with Crippen molar-refractivity contribution in [3.63, 3.8) is 0 Å². The van der Waals surface area contributed by atoms with E-state index < -0.39 is 23.6 Å². The Hall–Kier alpha value is -3.98. The smallest absolute Gasteiger partial charge is 0.319 e. The molecular formula is C27H30ClN3O6. The molecule has 3 aromatic rings. The molecule has 196 valence electrons. The summed E-state index contributed by atoms with van der Waals surface area (Å²) in [5.74, 6) is -0.954. The van der Waals surface area contributed by atoms with E-state index in [4.69, 9.17) is 16.3 Å². The second-order valence-electron chi connectivity index (χ2n) is 8.69. The van der Waals surface area contributed by atoms with Crippen LogP contribution in [0.4, 0.5) is 10.5 Å². The van der Waals surface area contributed by atoms with Gasteiger partial charge in [0.05, 0.1) is 25.6 Å². The van der Waals surface area contributed by atoms with Gasteiger partial charge < -0.3 is 30.2 Å². The van der Waals surface area contributed by atoms with Crippen LogP contribution < -0.4 is 20.9 Å². The number of carboxylic acids is 1. The zero-order chi connectivity index (χ0) is 27.1. The molecule has 37 heavy (non-hydrogen) atoms. The maximum atomic E-state index is 13.3. The molecule has 1 heterocycles. The Morgan fingerprint density at radius 2 is 1.84 bits per heavy atom. The molecule has 4 N–H and O–H groups in total. The van der Waals surface area contributed by atoms with Crippen molar-refractivity contribution >= 4 is 29.3 Å². The van der Waals surface area contributed by atoms with Crippen LogP contribution in [-0.2, 0) is 11.3 Å². The molecule has 0 saturated carbocycles. The van der Waals surface area contributed by atoms with Gasteiger partial charge in [-0.15, -0.1) is 0 Å². The lowest BCUT2D eigenvalue weighted by Crippen LogP contribution is -2.36. The summed E-state index contributed by atoms with van der Waals surface area (Å²) in [6.07, 6.45) is 1.89.